The Labute approximate surface area is 123 Å². The molecule has 1 aliphatic carbocycles. The van der Waals surface area contributed by atoms with Crippen molar-refractivity contribution in [1.82, 2.24) is 15.3 Å². The highest BCUT2D eigenvalue weighted by atomic mass is 35.5. The van der Waals surface area contributed by atoms with Crippen LogP contribution in [0.5, 0.6) is 5.88 Å². The molecular formula is C15H16ClN3O. The number of halogens is 1. The average Bonchev–Trinajstić information content (AvgIpc) is 3.30. The summed E-state index contributed by atoms with van der Waals surface area (Å²) in [7, 11) is 1.60. The van der Waals surface area contributed by atoms with Gasteiger partial charge in [0.05, 0.1) is 7.11 Å². The summed E-state index contributed by atoms with van der Waals surface area (Å²) in [5.41, 5.74) is 2.77. The molecule has 1 aliphatic rings. The molecule has 0 aliphatic heterocycles. The molecular weight excluding hydrogens is 274 g/mol. The summed E-state index contributed by atoms with van der Waals surface area (Å²) in [6, 6.07) is 6.54. The van der Waals surface area contributed by atoms with Crippen LogP contribution in [0.25, 0.3) is 11.3 Å². The molecule has 1 aromatic carbocycles. The molecule has 20 heavy (non-hydrogen) atoms. The fourth-order valence-corrected chi connectivity index (χ4v) is 2.26. The summed E-state index contributed by atoms with van der Waals surface area (Å²) in [5.74, 6) is 0.524. The van der Waals surface area contributed by atoms with Crippen LogP contribution in [0.1, 0.15) is 18.4 Å². The van der Waals surface area contributed by atoms with E-state index in [9.17, 15) is 0 Å². The van der Waals surface area contributed by atoms with Crippen LogP contribution < -0.4 is 10.1 Å². The van der Waals surface area contributed by atoms with Crippen molar-refractivity contribution in [2.24, 2.45) is 0 Å². The Kier molecular flexibility index (Phi) is 3.85. The molecule has 104 valence electrons. The molecule has 0 radical (unpaired) electrons. The Morgan fingerprint density at radius 2 is 2.10 bits per heavy atom. The molecule has 2 aromatic rings. The van der Waals surface area contributed by atoms with Crippen LogP contribution >= 0.6 is 11.6 Å². The van der Waals surface area contributed by atoms with E-state index in [4.69, 9.17) is 16.3 Å². The van der Waals surface area contributed by atoms with Gasteiger partial charge in [0.2, 0.25) is 5.88 Å². The maximum atomic E-state index is 6.25. The van der Waals surface area contributed by atoms with Crippen molar-refractivity contribution < 1.29 is 4.74 Å². The smallest absolute Gasteiger partial charge is 0.240 e. The van der Waals surface area contributed by atoms with Gasteiger partial charge in [-0.25, -0.2) is 9.97 Å². The Balaban J connectivity index is 1.90. The molecule has 0 saturated heterocycles. The van der Waals surface area contributed by atoms with Crippen LogP contribution in [-0.2, 0) is 6.54 Å². The summed E-state index contributed by atoms with van der Waals surface area (Å²) < 4.78 is 5.26. The highest BCUT2D eigenvalue weighted by molar-refractivity contribution is 6.31. The number of hydrogen-bond acceptors (Lipinski definition) is 4. The third-order valence-electron chi connectivity index (χ3n) is 3.34. The largest absolute Gasteiger partial charge is 0.479 e. The number of rotatable bonds is 5. The monoisotopic (exact) mass is 289 g/mol. The van der Waals surface area contributed by atoms with Gasteiger partial charge in [-0.2, -0.15) is 0 Å². The lowest BCUT2D eigenvalue weighted by Crippen LogP contribution is -2.15. The van der Waals surface area contributed by atoms with Gasteiger partial charge >= 0.3 is 0 Å². The van der Waals surface area contributed by atoms with Gasteiger partial charge in [-0.1, -0.05) is 17.7 Å². The lowest BCUT2D eigenvalue weighted by Gasteiger charge is -2.10. The van der Waals surface area contributed by atoms with Gasteiger partial charge in [0.15, 0.2) is 0 Å². The van der Waals surface area contributed by atoms with E-state index >= 15 is 0 Å². The van der Waals surface area contributed by atoms with E-state index in [1.807, 2.05) is 18.2 Å². The minimum Gasteiger partial charge on any atom is -0.479 e. The van der Waals surface area contributed by atoms with Crippen molar-refractivity contribution in [3.05, 3.63) is 41.2 Å². The van der Waals surface area contributed by atoms with E-state index in [-0.39, 0.29) is 0 Å². The minimum absolute atomic E-state index is 0.524. The normalized spacial score (nSPS) is 14.3. The van der Waals surface area contributed by atoms with Gasteiger partial charge in [0.25, 0.3) is 0 Å². The van der Waals surface area contributed by atoms with Crippen molar-refractivity contribution >= 4 is 11.6 Å². The topological polar surface area (TPSA) is 47.0 Å². The summed E-state index contributed by atoms with van der Waals surface area (Å²) in [4.78, 5) is 8.52. The molecule has 0 spiro atoms. The zero-order valence-corrected chi connectivity index (χ0v) is 12.0. The van der Waals surface area contributed by atoms with E-state index in [1.54, 1.807) is 19.5 Å². The highest BCUT2D eigenvalue weighted by Crippen LogP contribution is 2.29. The number of methoxy groups -OCH3 is 1. The molecule has 1 N–H and O–H groups in total. The molecule has 1 fully saturated rings. The Morgan fingerprint density at radius 3 is 2.85 bits per heavy atom. The lowest BCUT2D eigenvalue weighted by atomic mass is 10.1. The Bertz CT molecular complexity index is 614. The Morgan fingerprint density at radius 1 is 1.30 bits per heavy atom. The highest BCUT2D eigenvalue weighted by Gasteiger charge is 2.20. The number of nitrogens with zero attached hydrogens (tertiary/aromatic N) is 2. The first kappa shape index (κ1) is 13.3. The third kappa shape index (κ3) is 2.92. The van der Waals surface area contributed by atoms with E-state index in [1.165, 1.54) is 12.8 Å². The summed E-state index contributed by atoms with van der Waals surface area (Å²) in [5, 5.41) is 4.24. The number of hydrogen-bond donors (Lipinski definition) is 1. The molecule has 1 aromatic heterocycles. The fourth-order valence-electron chi connectivity index (χ4n) is 2.07. The van der Waals surface area contributed by atoms with Crippen LogP contribution in [0.15, 0.2) is 30.6 Å². The standard InChI is InChI=1S/C15H16ClN3O/c1-20-15-14(17-6-7-18-15)10-2-5-13(16)11(8-10)9-19-12-3-4-12/h2,5-8,12,19H,3-4,9H2,1H3. The molecule has 5 heteroatoms. The van der Waals surface area contributed by atoms with Crippen molar-refractivity contribution in [2.75, 3.05) is 7.11 Å². The molecule has 3 rings (SSSR count). The summed E-state index contributed by atoms with van der Waals surface area (Å²) in [6.45, 7) is 0.778. The van der Waals surface area contributed by atoms with Crippen LogP contribution in [-0.4, -0.2) is 23.1 Å². The quantitative estimate of drug-likeness (QED) is 0.919. The molecule has 0 unspecified atom stereocenters. The van der Waals surface area contributed by atoms with Gasteiger partial charge in [-0.05, 0) is 30.5 Å². The van der Waals surface area contributed by atoms with Gasteiger partial charge in [-0.3, -0.25) is 0 Å². The molecule has 0 amide bonds. The van der Waals surface area contributed by atoms with E-state index < -0.39 is 0 Å². The van der Waals surface area contributed by atoms with Gasteiger partial charge in [0, 0.05) is 35.6 Å². The van der Waals surface area contributed by atoms with E-state index in [2.05, 4.69) is 15.3 Å². The summed E-state index contributed by atoms with van der Waals surface area (Å²) in [6.07, 6.45) is 5.80. The van der Waals surface area contributed by atoms with Crippen LogP contribution in [0.2, 0.25) is 5.02 Å². The van der Waals surface area contributed by atoms with Gasteiger partial charge < -0.3 is 10.1 Å². The minimum atomic E-state index is 0.524. The molecule has 0 atom stereocenters. The first-order valence-corrected chi connectivity index (χ1v) is 7.03. The van der Waals surface area contributed by atoms with Crippen molar-refractivity contribution in [3.8, 4) is 17.1 Å². The van der Waals surface area contributed by atoms with Crippen LogP contribution in [0.3, 0.4) is 0 Å². The number of ether oxygens (including phenoxy) is 1. The summed E-state index contributed by atoms with van der Waals surface area (Å²) >= 11 is 6.25. The van der Waals surface area contributed by atoms with Crippen molar-refractivity contribution in [1.29, 1.82) is 0 Å². The molecule has 0 bridgehead atoms. The maximum Gasteiger partial charge on any atom is 0.240 e. The van der Waals surface area contributed by atoms with E-state index in [0.29, 0.717) is 11.9 Å². The molecule has 4 nitrogen and oxygen atoms in total. The first-order chi connectivity index (χ1) is 9.78. The predicted octanol–water partition coefficient (Wildman–Crippen LogP) is 3.06. The molecule has 1 saturated carbocycles. The zero-order chi connectivity index (χ0) is 13.9. The average molecular weight is 290 g/mol. The third-order valence-corrected chi connectivity index (χ3v) is 3.70. The maximum absolute atomic E-state index is 6.25. The van der Waals surface area contributed by atoms with Crippen molar-refractivity contribution in [3.63, 3.8) is 0 Å². The van der Waals surface area contributed by atoms with Gasteiger partial charge in [0.1, 0.15) is 5.69 Å². The fraction of sp³-hybridized carbons (Fsp3) is 0.333. The van der Waals surface area contributed by atoms with Crippen LogP contribution in [0.4, 0.5) is 0 Å². The Hall–Kier alpha value is -1.65. The zero-order valence-electron chi connectivity index (χ0n) is 11.3. The predicted molar refractivity (Wildman–Crippen MR) is 78.9 cm³/mol. The second-order valence-corrected chi connectivity index (χ2v) is 5.28. The number of aromatic nitrogens is 2. The second kappa shape index (κ2) is 5.77. The molecule has 1 heterocycles. The number of benzene rings is 1. The SMILES string of the molecule is COc1nccnc1-c1ccc(Cl)c(CNC2CC2)c1. The van der Waals surface area contributed by atoms with Crippen LogP contribution in [0, 0.1) is 0 Å². The number of nitrogens with one attached hydrogen (secondary N) is 1. The van der Waals surface area contributed by atoms with Gasteiger partial charge in [-0.15, -0.1) is 0 Å². The first-order valence-electron chi connectivity index (χ1n) is 6.65. The lowest BCUT2D eigenvalue weighted by molar-refractivity contribution is 0.398. The second-order valence-electron chi connectivity index (χ2n) is 4.88. The van der Waals surface area contributed by atoms with E-state index in [0.717, 1.165) is 28.4 Å². The van der Waals surface area contributed by atoms with Crippen molar-refractivity contribution in [2.45, 2.75) is 25.4 Å².